The second-order valence-corrected chi connectivity index (χ2v) is 10.5. The summed E-state index contributed by atoms with van der Waals surface area (Å²) >= 11 is 0. The molecule has 1 saturated carbocycles. The van der Waals surface area contributed by atoms with Crippen LogP contribution in [0.15, 0.2) is 48.9 Å². The van der Waals surface area contributed by atoms with Gasteiger partial charge in [0.05, 0.1) is 13.1 Å². The van der Waals surface area contributed by atoms with Crippen LogP contribution >= 0.6 is 0 Å². The van der Waals surface area contributed by atoms with Gasteiger partial charge in [-0.1, -0.05) is 49.6 Å². The molecule has 35 heavy (non-hydrogen) atoms. The number of carbonyl (C=O) groups is 2. The van der Waals surface area contributed by atoms with E-state index >= 15 is 0 Å². The zero-order valence-electron chi connectivity index (χ0n) is 20.1. The second-order valence-electron chi connectivity index (χ2n) is 10.5. The van der Waals surface area contributed by atoms with Gasteiger partial charge in [-0.3, -0.25) is 4.79 Å². The molecule has 4 fully saturated rings. The topological polar surface area (TPSA) is 101 Å². The van der Waals surface area contributed by atoms with Crippen molar-refractivity contribution in [3.63, 3.8) is 0 Å². The van der Waals surface area contributed by atoms with Crippen LogP contribution in [0.3, 0.4) is 0 Å². The molecule has 1 aliphatic carbocycles. The summed E-state index contributed by atoms with van der Waals surface area (Å²) in [7, 11) is 0. The molecule has 8 nitrogen and oxygen atoms in total. The molecular weight excluding hydrogens is 444 g/mol. The van der Waals surface area contributed by atoms with Crippen LogP contribution in [0, 0.1) is 11.8 Å². The summed E-state index contributed by atoms with van der Waals surface area (Å²) < 4.78 is 6.76. The highest BCUT2D eigenvalue weighted by molar-refractivity contribution is 5.90. The number of anilines is 1. The largest absolute Gasteiger partial charge is 0.454 e. The van der Waals surface area contributed by atoms with Gasteiger partial charge in [0.2, 0.25) is 0 Å². The van der Waals surface area contributed by atoms with Crippen molar-refractivity contribution < 1.29 is 23.9 Å². The minimum atomic E-state index is -1.64. The predicted molar refractivity (Wildman–Crippen MR) is 130 cm³/mol. The molecule has 2 bridgehead atoms. The Morgan fingerprint density at radius 2 is 1.80 bits per heavy atom. The van der Waals surface area contributed by atoms with Crippen molar-refractivity contribution in [3.05, 3.63) is 54.5 Å². The van der Waals surface area contributed by atoms with E-state index in [0.717, 1.165) is 58.0 Å². The fourth-order valence-electron chi connectivity index (χ4n) is 6.39. The van der Waals surface area contributed by atoms with Gasteiger partial charge in [0.25, 0.3) is 5.91 Å². The molecule has 186 valence electrons. The Labute approximate surface area is 206 Å². The normalized spacial score (nSPS) is 28.1. The number of nitrogens with zero attached hydrogens (tertiary/aromatic N) is 3. The van der Waals surface area contributed by atoms with Crippen LogP contribution in [0.1, 0.15) is 50.5 Å². The number of rotatable bonds is 7. The van der Waals surface area contributed by atoms with Crippen molar-refractivity contribution in [3.8, 4) is 0 Å². The maximum atomic E-state index is 13.7. The number of aliphatic hydroxyl groups is 1. The highest BCUT2D eigenvalue weighted by Gasteiger charge is 2.52. The quantitative estimate of drug-likeness (QED) is 0.468. The molecule has 2 N–H and O–H groups in total. The van der Waals surface area contributed by atoms with E-state index < -0.39 is 11.6 Å². The number of ether oxygens (including phenoxy) is 1. The standard InChI is InChI=1S/C27H34N4O4/c32-25(30-24-11-14-28-19-29-24)18-31-15-12-20(13-16-31)23(17-31)35-26(33)27(34,21-7-3-1-4-8-21)22-9-5-2-6-10-22/h1,3-4,7-8,11,14,19-20,22-23,34H,2,5-6,9-10,12-13,15-18H2/p+1/t20?,23-,27?,31?/m0/s1. The lowest BCUT2D eigenvalue weighted by Crippen LogP contribution is -2.66. The molecule has 3 aliphatic heterocycles. The van der Waals surface area contributed by atoms with E-state index in [2.05, 4.69) is 15.3 Å². The van der Waals surface area contributed by atoms with E-state index in [4.69, 9.17) is 4.74 Å². The summed E-state index contributed by atoms with van der Waals surface area (Å²) in [6.07, 6.45) is 9.32. The Kier molecular flexibility index (Phi) is 6.84. The number of amides is 1. The Bertz CT molecular complexity index is 1020. The highest BCUT2D eigenvalue weighted by atomic mass is 16.6. The molecule has 6 rings (SSSR count). The van der Waals surface area contributed by atoms with E-state index in [9.17, 15) is 14.7 Å². The number of nitrogens with one attached hydrogen (secondary N) is 1. The number of hydrogen-bond acceptors (Lipinski definition) is 6. The van der Waals surface area contributed by atoms with Crippen molar-refractivity contribution in [2.24, 2.45) is 11.8 Å². The lowest BCUT2D eigenvalue weighted by Gasteiger charge is -2.52. The zero-order chi connectivity index (χ0) is 24.3. The van der Waals surface area contributed by atoms with Crippen LogP contribution in [-0.2, 0) is 19.9 Å². The van der Waals surface area contributed by atoms with Gasteiger partial charge >= 0.3 is 5.97 Å². The van der Waals surface area contributed by atoms with Crippen molar-refractivity contribution >= 4 is 17.7 Å². The first-order valence-electron chi connectivity index (χ1n) is 12.9. The van der Waals surface area contributed by atoms with Gasteiger partial charge < -0.3 is 19.6 Å². The third-order valence-electron chi connectivity index (χ3n) is 8.35. The van der Waals surface area contributed by atoms with Crippen molar-refractivity contribution in [1.82, 2.24) is 9.97 Å². The van der Waals surface area contributed by atoms with E-state index in [-0.39, 0.29) is 23.8 Å². The van der Waals surface area contributed by atoms with Crippen molar-refractivity contribution in [2.75, 3.05) is 31.5 Å². The third-order valence-corrected chi connectivity index (χ3v) is 8.35. The fourth-order valence-corrected chi connectivity index (χ4v) is 6.39. The molecule has 8 heteroatoms. The molecule has 4 heterocycles. The van der Waals surface area contributed by atoms with Crippen LogP contribution < -0.4 is 5.32 Å². The molecule has 4 aliphatic rings. The summed E-state index contributed by atoms with van der Waals surface area (Å²) in [5, 5.41) is 14.8. The maximum Gasteiger partial charge on any atom is 0.343 e. The lowest BCUT2D eigenvalue weighted by molar-refractivity contribution is -0.939. The van der Waals surface area contributed by atoms with Crippen LogP contribution in [0.4, 0.5) is 5.82 Å². The minimum Gasteiger partial charge on any atom is -0.454 e. The average molecular weight is 480 g/mol. The SMILES string of the molecule is O=C(C[N+]12CCC(CC1)[C@@H](OC(=O)C(O)(c1ccccc1)C1CCCCC1)C2)Nc1ccncn1. The molecule has 3 saturated heterocycles. The van der Waals surface area contributed by atoms with Crippen LogP contribution in [0.25, 0.3) is 0 Å². The summed E-state index contributed by atoms with van der Waals surface area (Å²) in [6, 6.07) is 10.9. The lowest BCUT2D eigenvalue weighted by atomic mass is 9.73. The fraction of sp³-hybridized carbons (Fsp3) is 0.556. The molecule has 2 atom stereocenters. The van der Waals surface area contributed by atoms with Crippen LogP contribution in [0.2, 0.25) is 0 Å². The molecule has 2 aromatic rings. The Hall–Kier alpha value is -2.84. The van der Waals surface area contributed by atoms with Crippen molar-refractivity contribution in [2.45, 2.75) is 56.7 Å². The molecular formula is C27H35N4O4+. The van der Waals surface area contributed by atoms with Gasteiger partial charge in [0.15, 0.2) is 18.2 Å². The number of piperidine rings is 3. The number of benzene rings is 1. The first-order valence-corrected chi connectivity index (χ1v) is 12.9. The van der Waals surface area contributed by atoms with Crippen molar-refractivity contribution in [1.29, 1.82) is 0 Å². The Balaban J connectivity index is 1.30. The number of esters is 1. The van der Waals surface area contributed by atoms with Gasteiger partial charge in [-0.2, -0.15) is 0 Å². The second kappa shape index (κ2) is 10.0. The summed E-state index contributed by atoms with van der Waals surface area (Å²) in [5.74, 6) is -0.0159. The molecule has 0 radical (unpaired) electrons. The Morgan fingerprint density at radius 3 is 2.49 bits per heavy atom. The first kappa shape index (κ1) is 23.9. The van der Waals surface area contributed by atoms with E-state index in [1.807, 2.05) is 30.3 Å². The summed E-state index contributed by atoms with van der Waals surface area (Å²) in [5.41, 5.74) is -1.02. The predicted octanol–water partition coefficient (Wildman–Crippen LogP) is 3.04. The summed E-state index contributed by atoms with van der Waals surface area (Å²) in [6.45, 7) is 2.70. The van der Waals surface area contributed by atoms with Gasteiger partial charge in [0.1, 0.15) is 18.7 Å². The third kappa shape index (κ3) is 4.95. The number of fused-ring (bicyclic) bond motifs is 3. The van der Waals surface area contributed by atoms with Gasteiger partial charge in [-0.05, 0) is 24.5 Å². The average Bonchev–Trinajstić information content (AvgIpc) is 2.90. The molecule has 1 aromatic heterocycles. The van der Waals surface area contributed by atoms with Gasteiger partial charge in [0, 0.05) is 30.9 Å². The molecule has 1 aromatic carbocycles. The number of quaternary nitrogens is 1. The monoisotopic (exact) mass is 479 g/mol. The smallest absolute Gasteiger partial charge is 0.343 e. The first-order chi connectivity index (χ1) is 17.0. The highest BCUT2D eigenvalue weighted by Crippen LogP contribution is 2.42. The van der Waals surface area contributed by atoms with Crippen LogP contribution in [0.5, 0.6) is 0 Å². The number of aromatic nitrogens is 2. The molecule has 0 spiro atoms. The van der Waals surface area contributed by atoms with E-state index in [1.54, 1.807) is 12.3 Å². The van der Waals surface area contributed by atoms with E-state index in [0.29, 0.717) is 29.0 Å². The maximum absolute atomic E-state index is 13.7. The molecule has 1 unspecified atom stereocenters. The molecule has 1 amide bonds. The summed E-state index contributed by atoms with van der Waals surface area (Å²) in [4.78, 5) is 34.5. The zero-order valence-corrected chi connectivity index (χ0v) is 20.1. The number of carbonyl (C=O) groups excluding carboxylic acids is 2. The number of hydrogen-bond donors (Lipinski definition) is 2. The van der Waals surface area contributed by atoms with Gasteiger partial charge in [-0.15, -0.1) is 0 Å². The van der Waals surface area contributed by atoms with E-state index in [1.165, 1.54) is 6.33 Å². The van der Waals surface area contributed by atoms with Crippen LogP contribution in [-0.4, -0.2) is 63.7 Å². The Morgan fingerprint density at radius 1 is 1.06 bits per heavy atom. The minimum absolute atomic E-state index is 0.0999. The van der Waals surface area contributed by atoms with Gasteiger partial charge in [-0.25, -0.2) is 14.8 Å².